The highest BCUT2D eigenvalue weighted by Gasteiger charge is 2.28. The van der Waals surface area contributed by atoms with Crippen LogP contribution in [0.3, 0.4) is 0 Å². The number of methoxy groups -OCH3 is 3. The molecule has 1 atom stereocenters. The zero-order chi connectivity index (χ0) is 20.8. The van der Waals surface area contributed by atoms with E-state index in [1.807, 2.05) is 48.5 Å². The number of pyridine rings is 1. The number of carbonyl (C=O) groups is 1. The smallest absolute Gasteiger partial charge is 0.258 e. The Hall–Kier alpha value is -3.54. The van der Waals surface area contributed by atoms with Crippen LogP contribution in [0, 0.1) is 0 Å². The monoisotopic (exact) mass is 392 g/mol. The Morgan fingerprint density at radius 2 is 1.48 bits per heavy atom. The Balaban J connectivity index is 2.07. The van der Waals surface area contributed by atoms with Gasteiger partial charge in [0.05, 0.1) is 38.6 Å². The van der Waals surface area contributed by atoms with E-state index in [0.29, 0.717) is 22.8 Å². The molecule has 1 unspecified atom stereocenters. The summed E-state index contributed by atoms with van der Waals surface area (Å²) < 4.78 is 16.1. The second-order valence-corrected chi connectivity index (χ2v) is 6.39. The minimum atomic E-state index is -0.359. The maximum Gasteiger partial charge on any atom is 0.258 e. The number of hydrogen-bond donors (Lipinski definition) is 0. The van der Waals surface area contributed by atoms with Crippen molar-refractivity contribution >= 4 is 5.91 Å². The average molecular weight is 392 g/mol. The lowest BCUT2D eigenvalue weighted by atomic mass is 10.0. The largest absolute Gasteiger partial charge is 0.496 e. The first kappa shape index (κ1) is 20.2. The number of amides is 1. The average Bonchev–Trinajstić information content (AvgIpc) is 2.79. The van der Waals surface area contributed by atoms with Gasteiger partial charge in [-0.3, -0.25) is 9.78 Å². The van der Waals surface area contributed by atoms with Crippen LogP contribution in [0.4, 0.5) is 0 Å². The third-order valence-electron chi connectivity index (χ3n) is 4.73. The fourth-order valence-electron chi connectivity index (χ4n) is 3.27. The minimum absolute atomic E-state index is 0.220. The van der Waals surface area contributed by atoms with Gasteiger partial charge in [0.15, 0.2) is 11.5 Å². The van der Waals surface area contributed by atoms with Gasteiger partial charge in [0.1, 0.15) is 5.75 Å². The summed E-state index contributed by atoms with van der Waals surface area (Å²) >= 11 is 0. The molecular weight excluding hydrogens is 368 g/mol. The maximum absolute atomic E-state index is 13.5. The molecule has 3 aromatic rings. The molecule has 150 valence electrons. The van der Waals surface area contributed by atoms with Gasteiger partial charge in [0.2, 0.25) is 0 Å². The third-order valence-corrected chi connectivity index (χ3v) is 4.73. The molecule has 3 rings (SSSR count). The Bertz CT molecular complexity index is 922. The van der Waals surface area contributed by atoms with Crippen molar-refractivity contribution in [2.45, 2.75) is 6.04 Å². The van der Waals surface area contributed by atoms with Crippen molar-refractivity contribution in [3.05, 3.63) is 83.7 Å². The lowest BCUT2D eigenvalue weighted by Gasteiger charge is -2.29. The van der Waals surface area contributed by atoms with Crippen molar-refractivity contribution in [3.8, 4) is 17.2 Å². The van der Waals surface area contributed by atoms with Gasteiger partial charge in [-0.05, 0) is 17.7 Å². The molecule has 0 saturated carbocycles. The molecule has 0 saturated heterocycles. The fraction of sp³-hybridized carbons (Fsp3) is 0.217. The number of aromatic nitrogens is 1. The van der Waals surface area contributed by atoms with Crippen molar-refractivity contribution in [1.82, 2.24) is 9.88 Å². The van der Waals surface area contributed by atoms with Gasteiger partial charge >= 0.3 is 0 Å². The second-order valence-electron chi connectivity index (χ2n) is 6.39. The highest BCUT2D eigenvalue weighted by Crippen LogP contribution is 2.36. The lowest BCUT2D eigenvalue weighted by molar-refractivity contribution is 0.0748. The quantitative estimate of drug-likeness (QED) is 0.609. The first-order chi connectivity index (χ1) is 14.1. The van der Waals surface area contributed by atoms with Crippen LogP contribution in [0.1, 0.15) is 27.7 Å². The number of benzene rings is 2. The van der Waals surface area contributed by atoms with Crippen LogP contribution in [0.25, 0.3) is 0 Å². The number of hydrogen-bond acceptors (Lipinski definition) is 5. The fourth-order valence-corrected chi connectivity index (χ4v) is 3.27. The zero-order valence-electron chi connectivity index (χ0n) is 17.0. The highest BCUT2D eigenvalue weighted by atomic mass is 16.5. The van der Waals surface area contributed by atoms with Crippen molar-refractivity contribution < 1.29 is 19.0 Å². The predicted molar refractivity (Wildman–Crippen MR) is 111 cm³/mol. The summed E-state index contributed by atoms with van der Waals surface area (Å²) in [6.45, 7) is 0. The molecule has 0 bridgehead atoms. The van der Waals surface area contributed by atoms with Gasteiger partial charge in [0, 0.05) is 25.4 Å². The van der Waals surface area contributed by atoms with Crippen LogP contribution in [0.5, 0.6) is 17.2 Å². The van der Waals surface area contributed by atoms with Crippen LogP contribution < -0.4 is 14.2 Å². The van der Waals surface area contributed by atoms with Crippen LogP contribution in [-0.2, 0) is 0 Å². The lowest BCUT2D eigenvalue weighted by Crippen LogP contribution is -2.32. The Labute approximate surface area is 170 Å². The molecule has 0 fully saturated rings. The first-order valence-electron chi connectivity index (χ1n) is 9.13. The van der Waals surface area contributed by atoms with E-state index in [1.54, 1.807) is 30.3 Å². The Morgan fingerprint density at radius 3 is 2.07 bits per heavy atom. The summed E-state index contributed by atoms with van der Waals surface area (Å²) in [5, 5.41) is 0. The topological polar surface area (TPSA) is 60.9 Å². The minimum Gasteiger partial charge on any atom is -0.496 e. The van der Waals surface area contributed by atoms with E-state index >= 15 is 0 Å². The van der Waals surface area contributed by atoms with Crippen molar-refractivity contribution in [1.29, 1.82) is 0 Å². The maximum atomic E-state index is 13.5. The molecule has 6 heteroatoms. The molecule has 0 aliphatic carbocycles. The van der Waals surface area contributed by atoms with Crippen LogP contribution in [0.2, 0.25) is 0 Å². The number of nitrogens with zero attached hydrogens (tertiary/aromatic N) is 2. The van der Waals surface area contributed by atoms with Crippen LogP contribution >= 0.6 is 0 Å². The van der Waals surface area contributed by atoms with Gasteiger partial charge in [0.25, 0.3) is 5.91 Å². The SMILES string of the molecule is COc1cc(OC)c(C(=O)N(C)C(c2ccccc2)c2ccccn2)cc1OC. The molecule has 0 N–H and O–H groups in total. The molecule has 0 aliphatic heterocycles. The van der Waals surface area contributed by atoms with Gasteiger partial charge < -0.3 is 19.1 Å². The molecule has 6 nitrogen and oxygen atoms in total. The molecule has 1 heterocycles. The molecule has 2 aromatic carbocycles. The van der Waals surface area contributed by atoms with E-state index in [-0.39, 0.29) is 11.9 Å². The van der Waals surface area contributed by atoms with Gasteiger partial charge in [-0.1, -0.05) is 36.4 Å². The Kier molecular flexibility index (Phi) is 6.34. The zero-order valence-corrected chi connectivity index (χ0v) is 17.0. The van der Waals surface area contributed by atoms with Crippen LogP contribution in [-0.4, -0.2) is 44.2 Å². The van der Waals surface area contributed by atoms with E-state index in [2.05, 4.69) is 4.98 Å². The Morgan fingerprint density at radius 1 is 0.862 bits per heavy atom. The molecule has 1 amide bonds. The van der Waals surface area contributed by atoms with E-state index in [0.717, 1.165) is 11.3 Å². The summed E-state index contributed by atoms with van der Waals surface area (Å²) in [7, 11) is 6.34. The number of carbonyl (C=O) groups excluding carboxylic acids is 1. The number of ether oxygens (including phenoxy) is 3. The first-order valence-corrected chi connectivity index (χ1v) is 9.13. The van der Waals surface area contributed by atoms with E-state index < -0.39 is 0 Å². The van der Waals surface area contributed by atoms with Crippen molar-refractivity contribution in [2.75, 3.05) is 28.4 Å². The summed E-state index contributed by atoms with van der Waals surface area (Å²) in [5.74, 6) is 1.14. The second kappa shape index (κ2) is 9.10. The normalized spacial score (nSPS) is 11.4. The summed E-state index contributed by atoms with van der Waals surface area (Å²) in [5.41, 5.74) is 2.11. The summed E-state index contributed by atoms with van der Waals surface area (Å²) in [6, 6.07) is 18.4. The van der Waals surface area contributed by atoms with E-state index in [9.17, 15) is 4.79 Å². The van der Waals surface area contributed by atoms with Gasteiger partial charge in [-0.15, -0.1) is 0 Å². The predicted octanol–water partition coefficient (Wildman–Crippen LogP) is 3.97. The molecule has 0 radical (unpaired) electrons. The van der Waals surface area contributed by atoms with E-state index in [4.69, 9.17) is 14.2 Å². The van der Waals surface area contributed by atoms with Gasteiger partial charge in [-0.25, -0.2) is 0 Å². The summed E-state index contributed by atoms with van der Waals surface area (Å²) in [6.07, 6.45) is 1.72. The molecule has 1 aromatic heterocycles. The standard InChI is InChI=1S/C23H24N2O4/c1-25(22(16-10-6-5-7-11-16)18-12-8-9-13-24-18)23(26)17-14-20(28-3)21(29-4)15-19(17)27-2/h5-15,22H,1-4H3. The molecular formula is C23H24N2O4. The highest BCUT2D eigenvalue weighted by molar-refractivity contribution is 5.98. The number of rotatable bonds is 7. The molecule has 0 aliphatic rings. The third kappa shape index (κ3) is 4.16. The molecule has 0 spiro atoms. The molecule has 29 heavy (non-hydrogen) atoms. The van der Waals surface area contributed by atoms with Crippen molar-refractivity contribution in [3.63, 3.8) is 0 Å². The van der Waals surface area contributed by atoms with Crippen molar-refractivity contribution in [2.24, 2.45) is 0 Å². The summed E-state index contributed by atoms with van der Waals surface area (Å²) in [4.78, 5) is 19.6. The van der Waals surface area contributed by atoms with Gasteiger partial charge in [-0.2, -0.15) is 0 Å². The van der Waals surface area contributed by atoms with Crippen LogP contribution in [0.15, 0.2) is 66.9 Å². The van der Waals surface area contributed by atoms with E-state index in [1.165, 1.54) is 21.3 Å².